The summed E-state index contributed by atoms with van der Waals surface area (Å²) >= 11 is 5.33. The molecule has 2 heterocycles. The second kappa shape index (κ2) is 6.63. The van der Waals surface area contributed by atoms with Gasteiger partial charge in [0.05, 0.1) is 27.4 Å². The van der Waals surface area contributed by atoms with E-state index in [4.69, 9.17) is 0 Å². The molecule has 2 aromatic rings. The molecule has 6 heteroatoms. The van der Waals surface area contributed by atoms with Crippen LogP contribution < -0.4 is 5.32 Å². The first kappa shape index (κ1) is 14.7. The average molecular weight is 343 g/mol. The summed E-state index contributed by atoms with van der Waals surface area (Å²) in [5.41, 5.74) is 2.30. The van der Waals surface area contributed by atoms with Crippen LogP contribution in [0.3, 0.4) is 0 Å². The lowest BCUT2D eigenvalue weighted by molar-refractivity contribution is 0.494. The third-order valence-electron chi connectivity index (χ3n) is 2.99. The number of aromatic nitrogens is 3. The maximum atomic E-state index is 4.55. The molecule has 0 saturated carbocycles. The van der Waals surface area contributed by atoms with Crippen molar-refractivity contribution in [3.05, 3.63) is 32.4 Å². The lowest BCUT2D eigenvalue weighted by Gasteiger charge is -2.17. The number of hydrogen-bond donors (Lipinski definition) is 1. The highest BCUT2D eigenvalue weighted by atomic mass is 79.9. The van der Waals surface area contributed by atoms with Crippen LogP contribution in [0.25, 0.3) is 0 Å². The van der Waals surface area contributed by atoms with Crippen molar-refractivity contribution in [2.24, 2.45) is 0 Å². The number of aryl methyl sites for hydroxylation is 2. The minimum Gasteiger partial charge on any atom is -0.311 e. The quantitative estimate of drug-likeness (QED) is 0.875. The molecule has 1 atom stereocenters. The summed E-state index contributed by atoms with van der Waals surface area (Å²) in [5.74, 6) is 0. The van der Waals surface area contributed by atoms with Crippen LogP contribution in [0.1, 0.15) is 35.8 Å². The fourth-order valence-electron chi connectivity index (χ4n) is 2.11. The van der Waals surface area contributed by atoms with Crippen LogP contribution in [0.15, 0.2) is 16.0 Å². The van der Waals surface area contributed by atoms with E-state index in [1.807, 2.05) is 20.2 Å². The zero-order valence-electron chi connectivity index (χ0n) is 11.5. The number of nitrogens with zero attached hydrogens (tertiary/aromatic N) is 3. The molecule has 0 fully saturated rings. The highest BCUT2D eigenvalue weighted by Crippen LogP contribution is 2.27. The number of rotatable bonds is 6. The van der Waals surface area contributed by atoms with Gasteiger partial charge in [0.1, 0.15) is 0 Å². The van der Waals surface area contributed by atoms with Crippen LogP contribution in [0, 0.1) is 6.92 Å². The third-order valence-corrected chi connectivity index (χ3v) is 4.59. The van der Waals surface area contributed by atoms with Gasteiger partial charge in [-0.1, -0.05) is 6.92 Å². The van der Waals surface area contributed by atoms with Gasteiger partial charge < -0.3 is 5.32 Å². The summed E-state index contributed by atoms with van der Waals surface area (Å²) in [7, 11) is 1.99. The Kier molecular flexibility index (Phi) is 5.13. The highest BCUT2D eigenvalue weighted by molar-refractivity contribution is 9.10. The molecule has 2 rings (SSSR count). The normalized spacial score (nSPS) is 12.8. The molecule has 0 aliphatic rings. The first-order valence-corrected chi connectivity index (χ1v) is 8.12. The van der Waals surface area contributed by atoms with Crippen molar-refractivity contribution < 1.29 is 0 Å². The molecule has 1 unspecified atom stereocenters. The van der Waals surface area contributed by atoms with Crippen molar-refractivity contribution in [3.63, 3.8) is 0 Å². The smallest absolute Gasteiger partial charge is 0.0947 e. The number of halogens is 1. The SMILES string of the molecule is CCCn1ncc(Br)c1C(Cc1nc(C)cs1)NC. The molecule has 0 aliphatic heterocycles. The van der Waals surface area contributed by atoms with Crippen LogP contribution in [0.4, 0.5) is 0 Å². The van der Waals surface area contributed by atoms with Crippen molar-refractivity contribution >= 4 is 27.3 Å². The number of thiazole rings is 1. The van der Waals surface area contributed by atoms with Gasteiger partial charge in [0.25, 0.3) is 0 Å². The van der Waals surface area contributed by atoms with Crippen molar-refractivity contribution in [3.8, 4) is 0 Å². The monoisotopic (exact) mass is 342 g/mol. The van der Waals surface area contributed by atoms with Gasteiger partial charge in [-0.25, -0.2) is 4.98 Å². The predicted octanol–water partition coefficient (Wildman–Crippen LogP) is 3.32. The zero-order valence-corrected chi connectivity index (χ0v) is 13.9. The van der Waals surface area contributed by atoms with Gasteiger partial charge in [-0.05, 0) is 36.3 Å². The first-order chi connectivity index (χ1) is 9.15. The van der Waals surface area contributed by atoms with Gasteiger partial charge >= 0.3 is 0 Å². The molecule has 0 saturated heterocycles. The minimum atomic E-state index is 0.231. The lowest BCUT2D eigenvalue weighted by atomic mass is 10.1. The van der Waals surface area contributed by atoms with E-state index in [-0.39, 0.29) is 6.04 Å². The number of nitrogens with one attached hydrogen (secondary N) is 1. The van der Waals surface area contributed by atoms with Crippen LogP contribution in [-0.4, -0.2) is 21.8 Å². The van der Waals surface area contributed by atoms with E-state index in [2.05, 4.69) is 48.3 Å². The molecule has 0 spiro atoms. The summed E-state index contributed by atoms with van der Waals surface area (Å²) in [6.45, 7) is 5.14. The standard InChI is InChI=1S/C13H19BrN4S/c1-4-5-18-13(10(14)7-16-18)11(15-3)6-12-17-9(2)8-19-12/h7-8,11,15H,4-6H2,1-3H3. The van der Waals surface area contributed by atoms with Crippen LogP contribution in [-0.2, 0) is 13.0 Å². The topological polar surface area (TPSA) is 42.7 Å². The molecule has 4 nitrogen and oxygen atoms in total. The largest absolute Gasteiger partial charge is 0.311 e. The Morgan fingerprint density at radius 1 is 1.53 bits per heavy atom. The fraction of sp³-hybridized carbons (Fsp3) is 0.538. The molecular weight excluding hydrogens is 324 g/mol. The van der Waals surface area contributed by atoms with Gasteiger partial charge in [-0.3, -0.25) is 4.68 Å². The molecule has 1 N–H and O–H groups in total. The van der Waals surface area contributed by atoms with Crippen molar-refractivity contribution in [1.29, 1.82) is 0 Å². The first-order valence-electron chi connectivity index (χ1n) is 6.45. The van der Waals surface area contributed by atoms with Gasteiger partial charge in [0, 0.05) is 24.0 Å². The lowest BCUT2D eigenvalue weighted by Crippen LogP contribution is -2.23. The second-order valence-electron chi connectivity index (χ2n) is 4.53. The van der Waals surface area contributed by atoms with Crippen LogP contribution >= 0.6 is 27.3 Å². The van der Waals surface area contributed by atoms with Crippen molar-refractivity contribution in [2.45, 2.75) is 39.3 Å². The Labute approximate surface area is 126 Å². The highest BCUT2D eigenvalue weighted by Gasteiger charge is 2.20. The maximum Gasteiger partial charge on any atom is 0.0947 e. The summed E-state index contributed by atoms with van der Waals surface area (Å²) in [4.78, 5) is 4.55. The minimum absolute atomic E-state index is 0.231. The summed E-state index contributed by atoms with van der Waals surface area (Å²) in [6, 6.07) is 0.231. The molecule has 0 aliphatic carbocycles. The van der Waals surface area contributed by atoms with Gasteiger partial charge in [-0.15, -0.1) is 11.3 Å². The Hall–Kier alpha value is -0.720. The molecule has 0 amide bonds. The number of likely N-dealkylation sites (N-methyl/N-ethyl adjacent to an activating group) is 1. The zero-order chi connectivity index (χ0) is 13.8. The Morgan fingerprint density at radius 3 is 2.89 bits per heavy atom. The van der Waals surface area contributed by atoms with E-state index in [1.165, 1.54) is 5.69 Å². The Balaban J connectivity index is 2.23. The summed E-state index contributed by atoms with van der Waals surface area (Å²) < 4.78 is 3.14. The predicted molar refractivity (Wildman–Crippen MR) is 82.6 cm³/mol. The van der Waals surface area contributed by atoms with E-state index < -0.39 is 0 Å². The molecule has 0 radical (unpaired) electrons. The van der Waals surface area contributed by atoms with E-state index in [0.29, 0.717) is 0 Å². The van der Waals surface area contributed by atoms with Crippen LogP contribution in [0.5, 0.6) is 0 Å². The maximum absolute atomic E-state index is 4.55. The molecule has 0 bridgehead atoms. The van der Waals surface area contributed by atoms with Gasteiger partial charge in [-0.2, -0.15) is 5.10 Å². The molecule has 0 aromatic carbocycles. The molecule has 104 valence electrons. The van der Waals surface area contributed by atoms with E-state index in [9.17, 15) is 0 Å². The van der Waals surface area contributed by atoms with Crippen molar-refractivity contribution in [1.82, 2.24) is 20.1 Å². The summed E-state index contributed by atoms with van der Waals surface area (Å²) in [5, 5.41) is 11.1. The second-order valence-corrected chi connectivity index (χ2v) is 6.33. The molecule has 2 aromatic heterocycles. The van der Waals surface area contributed by atoms with E-state index in [0.717, 1.165) is 34.6 Å². The Bertz CT molecular complexity index is 534. The molecule has 19 heavy (non-hydrogen) atoms. The fourth-order valence-corrected chi connectivity index (χ4v) is 3.51. The average Bonchev–Trinajstić information content (AvgIpc) is 2.94. The van der Waals surface area contributed by atoms with Gasteiger partial charge in [0.15, 0.2) is 0 Å². The van der Waals surface area contributed by atoms with Gasteiger partial charge in [0.2, 0.25) is 0 Å². The van der Waals surface area contributed by atoms with Crippen LogP contribution in [0.2, 0.25) is 0 Å². The van der Waals surface area contributed by atoms with Crippen molar-refractivity contribution in [2.75, 3.05) is 7.05 Å². The molecular formula is C13H19BrN4S. The van der Waals surface area contributed by atoms with E-state index in [1.54, 1.807) is 11.3 Å². The van der Waals surface area contributed by atoms with E-state index >= 15 is 0 Å². The summed E-state index contributed by atoms with van der Waals surface area (Å²) in [6.07, 6.45) is 3.85. The third kappa shape index (κ3) is 3.43. The number of hydrogen-bond acceptors (Lipinski definition) is 4. The Morgan fingerprint density at radius 2 is 2.32 bits per heavy atom.